The van der Waals surface area contributed by atoms with Gasteiger partial charge in [-0.25, -0.2) is 4.98 Å². The summed E-state index contributed by atoms with van der Waals surface area (Å²) in [5, 5.41) is 8.93. The van der Waals surface area contributed by atoms with Crippen LogP contribution in [-0.4, -0.2) is 15.1 Å². The SMILES string of the molecule is OCc1ccnc(C#Cc2cncs2)c1. The Morgan fingerprint density at radius 1 is 1.40 bits per heavy atom. The molecule has 15 heavy (non-hydrogen) atoms. The molecule has 0 saturated carbocycles. The third kappa shape index (κ3) is 2.62. The lowest BCUT2D eigenvalue weighted by Gasteiger charge is -1.94. The Kier molecular flexibility index (Phi) is 3.08. The number of aliphatic hydroxyl groups excluding tert-OH is 1. The number of hydrogen-bond acceptors (Lipinski definition) is 4. The fourth-order valence-corrected chi connectivity index (χ4v) is 1.51. The van der Waals surface area contributed by atoms with Crippen LogP contribution in [0.5, 0.6) is 0 Å². The molecular weight excluding hydrogens is 208 g/mol. The Hall–Kier alpha value is -1.70. The first-order valence-corrected chi connectivity index (χ1v) is 5.23. The minimum Gasteiger partial charge on any atom is -0.392 e. The number of hydrogen-bond donors (Lipinski definition) is 1. The van der Waals surface area contributed by atoms with Crippen molar-refractivity contribution in [2.24, 2.45) is 0 Å². The van der Waals surface area contributed by atoms with E-state index in [0.29, 0.717) is 5.69 Å². The Morgan fingerprint density at radius 2 is 2.33 bits per heavy atom. The van der Waals surface area contributed by atoms with Crippen molar-refractivity contribution in [3.8, 4) is 11.8 Å². The van der Waals surface area contributed by atoms with E-state index >= 15 is 0 Å². The van der Waals surface area contributed by atoms with Crippen molar-refractivity contribution >= 4 is 11.3 Å². The molecule has 2 heterocycles. The minimum absolute atomic E-state index is 0.0117. The summed E-state index contributed by atoms with van der Waals surface area (Å²) in [5.41, 5.74) is 3.22. The zero-order valence-electron chi connectivity index (χ0n) is 7.84. The second-order valence-electron chi connectivity index (χ2n) is 2.82. The predicted octanol–water partition coefficient (Wildman–Crippen LogP) is 1.43. The van der Waals surface area contributed by atoms with Crippen LogP contribution in [0.25, 0.3) is 0 Å². The van der Waals surface area contributed by atoms with Crippen molar-refractivity contribution in [3.05, 3.63) is 46.2 Å². The fraction of sp³-hybridized carbons (Fsp3) is 0.0909. The largest absolute Gasteiger partial charge is 0.392 e. The molecular formula is C11H8N2OS. The number of aliphatic hydroxyl groups is 1. The number of aromatic nitrogens is 2. The first-order chi connectivity index (χ1) is 7.38. The van der Waals surface area contributed by atoms with Crippen molar-refractivity contribution in [2.45, 2.75) is 6.61 Å². The lowest BCUT2D eigenvalue weighted by Crippen LogP contribution is -1.87. The highest BCUT2D eigenvalue weighted by Crippen LogP contribution is 2.04. The number of rotatable bonds is 1. The second-order valence-corrected chi connectivity index (χ2v) is 3.71. The topological polar surface area (TPSA) is 46.0 Å². The van der Waals surface area contributed by atoms with Gasteiger partial charge in [-0.15, -0.1) is 11.3 Å². The molecule has 0 atom stereocenters. The average Bonchev–Trinajstić information content (AvgIpc) is 2.79. The lowest BCUT2D eigenvalue weighted by molar-refractivity contribution is 0.281. The summed E-state index contributed by atoms with van der Waals surface area (Å²) in [6.07, 6.45) is 3.36. The van der Waals surface area contributed by atoms with E-state index in [4.69, 9.17) is 5.11 Å². The molecule has 4 heteroatoms. The Labute approximate surface area is 91.5 Å². The quantitative estimate of drug-likeness (QED) is 0.733. The van der Waals surface area contributed by atoms with Crippen LogP contribution < -0.4 is 0 Å². The minimum atomic E-state index is 0.0117. The van der Waals surface area contributed by atoms with Gasteiger partial charge in [0, 0.05) is 6.20 Å². The van der Waals surface area contributed by atoms with Gasteiger partial charge in [0.25, 0.3) is 0 Å². The monoisotopic (exact) mass is 216 g/mol. The smallest absolute Gasteiger partial charge is 0.113 e. The van der Waals surface area contributed by atoms with Gasteiger partial charge in [0.2, 0.25) is 0 Å². The molecule has 0 amide bonds. The molecule has 3 nitrogen and oxygen atoms in total. The molecule has 0 spiro atoms. The lowest BCUT2D eigenvalue weighted by atomic mass is 10.2. The molecule has 2 rings (SSSR count). The van der Waals surface area contributed by atoms with E-state index < -0.39 is 0 Å². The highest BCUT2D eigenvalue weighted by atomic mass is 32.1. The van der Waals surface area contributed by atoms with E-state index in [1.54, 1.807) is 30.0 Å². The summed E-state index contributed by atoms with van der Waals surface area (Å²) >= 11 is 1.49. The molecule has 2 aromatic heterocycles. The Balaban J connectivity index is 2.23. The van der Waals surface area contributed by atoms with Crippen molar-refractivity contribution in [2.75, 3.05) is 0 Å². The van der Waals surface area contributed by atoms with Gasteiger partial charge in [0.1, 0.15) is 5.69 Å². The summed E-state index contributed by atoms with van der Waals surface area (Å²) in [6.45, 7) is 0.0117. The van der Waals surface area contributed by atoms with Crippen LogP contribution in [0.2, 0.25) is 0 Å². The zero-order chi connectivity index (χ0) is 10.5. The van der Waals surface area contributed by atoms with Crippen LogP contribution in [0.3, 0.4) is 0 Å². The Bertz CT molecular complexity index is 497. The molecule has 74 valence electrons. The van der Waals surface area contributed by atoms with E-state index in [1.807, 2.05) is 0 Å². The van der Waals surface area contributed by atoms with Gasteiger partial charge in [0.05, 0.1) is 23.2 Å². The third-order valence-corrected chi connectivity index (χ3v) is 2.44. The number of thiazole rings is 1. The van der Waals surface area contributed by atoms with Crippen molar-refractivity contribution < 1.29 is 5.11 Å². The standard InChI is InChI=1S/C11H8N2OS/c14-7-9-3-4-13-10(5-9)1-2-11-6-12-8-15-11/h3-6,8,14H,7H2. The van der Waals surface area contributed by atoms with E-state index in [2.05, 4.69) is 21.8 Å². The van der Waals surface area contributed by atoms with Gasteiger partial charge >= 0.3 is 0 Å². The zero-order valence-corrected chi connectivity index (χ0v) is 8.66. The van der Waals surface area contributed by atoms with Crippen molar-refractivity contribution in [3.63, 3.8) is 0 Å². The fourth-order valence-electron chi connectivity index (χ4n) is 1.04. The normalized spacial score (nSPS) is 9.40. The maximum absolute atomic E-state index is 8.93. The molecule has 0 aliphatic rings. The van der Waals surface area contributed by atoms with E-state index in [9.17, 15) is 0 Å². The Morgan fingerprint density at radius 3 is 3.07 bits per heavy atom. The molecule has 0 fully saturated rings. The molecule has 0 aliphatic heterocycles. The first kappa shape index (κ1) is 9.84. The van der Waals surface area contributed by atoms with E-state index in [-0.39, 0.29) is 6.61 Å². The highest BCUT2D eigenvalue weighted by molar-refractivity contribution is 7.10. The maximum Gasteiger partial charge on any atom is 0.113 e. The first-order valence-electron chi connectivity index (χ1n) is 4.35. The maximum atomic E-state index is 8.93. The van der Waals surface area contributed by atoms with Gasteiger partial charge in [-0.05, 0) is 29.5 Å². The summed E-state index contributed by atoms with van der Waals surface area (Å²) < 4.78 is 0. The van der Waals surface area contributed by atoms with Crippen LogP contribution in [0.1, 0.15) is 16.1 Å². The van der Waals surface area contributed by atoms with E-state index in [1.165, 1.54) is 11.3 Å². The van der Waals surface area contributed by atoms with Gasteiger partial charge < -0.3 is 5.11 Å². The van der Waals surface area contributed by atoms with Gasteiger partial charge in [-0.2, -0.15) is 0 Å². The molecule has 0 radical (unpaired) electrons. The average molecular weight is 216 g/mol. The van der Waals surface area contributed by atoms with Crippen molar-refractivity contribution in [1.29, 1.82) is 0 Å². The van der Waals surface area contributed by atoms with Crippen LogP contribution in [-0.2, 0) is 6.61 Å². The molecule has 0 aromatic carbocycles. The summed E-state index contributed by atoms with van der Waals surface area (Å²) in [5.74, 6) is 5.87. The molecule has 0 unspecified atom stereocenters. The summed E-state index contributed by atoms with van der Waals surface area (Å²) in [7, 11) is 0. The number of nitrogens with zero attached hydrogens (tertiary/aromatic N) is 2. The highest BCUT2D eigenvalue weighted by Gasteiger charge is 1.92. The van der Waals surface area contributed by atoms with Crippen LogP contribution in [0, 0.1) is 11.8 Å². The summed E-state index contributed by atoms with van der Waals surface area (Å²) in [4.78, 5) is 8.92. The predicted molar refractivity (Wildman–Crippen MR) is 58.3 cm³/mol. The van der Waals surface area contributed by atoms with Crippen LogP contribution >= 0.6 is 11.3 Å². The third-order valence-electron chi connectivity index (χ3n) is 1.75. The van der Waals surface area contributed by atoms with Gasteiger partial charge in [-0.3, -0.25) is 4.98 Å². The van der Waals surface area contributed by atoms with Gasteiger partial charge in [-0.1, -0.05) is 0 Å². The molecule has 1 N–H and O–H groups in total. The molecule has 0 bridgehead atoms. The van der Waals surface area contributed by atoms with E-state index in [0.717, 1.165) is 10.4 Å². The van der Waals surface area contributed by atoms with Gasteiger partial charge in [0.15, 0.2) is 0 Å². The molecule has 0 saturated heterocycles. The number of pyridine rings is 1. The molecule has 0 aliphatic carbocycles. The van der Waals surface area contributed by atoms with Crippen molar-refractivity contribution in [1.82, 2.24) is 9.97 Å². The van der Waals surface area contributed by atoms with Crippen LogP contribution in [0.4, 0.5) is 0 Å². The van der Waals surface area contributed by atoms with Crippen LogP contribution in [0.15, 0.2) is 30.0 Å². The molecule has 2 aromatic rings. The second kappa shape index (κ2) is 4.69. The summed E-state index contributed by atoms with van der Waals surface area (Å²) in [6, 6.07) is 3.53.